The SMILES string of the molecule is O=S1(=O)CCC(CNC2CCCC2C2CCCCN2)C1. The molecule has 4 unspecified atom stereocenters. The van der Waals surface area contributed by atoms with Gasteiger partial charge < -0.3 is 10.6 Å². The molecule has 3 fully saturated rings. The molecule has 0 spiro atoms. The van der Waals surface area contributed by atoms with E-state index in [1.807, 2.05) is 0 Å². The maximum absolute atomic E-state index is 11.5. The lowest BCUT2D eigenvalue weighted by atomic mass is 9.88. The molecule has 1 aliphatic carbocycles. The van der Waals surface area contributed by atoms with Crippen LogP contribution in [0.25, 0.3) is 0 Å². The average molecular weight is 300 g/mol. The Morgan fingerprint density at radius 2 is 1.95 bits per heavy atom. The Kier molecular flexibility index (Phi) is 4.68. The van der Waals surface area contributed by atoms with Gasteiger partial charge in [-0.05, 0) is 57.0 Å². The lowest BCUT2D eigenvalue weighted by Crippen LogP contribution is -2.47. The summed E-state index contributed by atoms with van der Waals surface area (Å²) in [5.41, 5.74) is 0. The van der Waals surface area contributed by atoms with E-state index in [2.05, 4.69) is 10.6 Å². The molecule has 2 heterocycles. The molecule has 2 aliphatic heterocycles. The van der Waals surface area contributed by atoms with Gasteiger partial charge in [0.15, 0.2) is 9.84 Å². The summed E-state index contributed by atoms with van der Waals surface area (Å²) in [7, 11) is -2.73. The largest absolute Gasteiger partial charge is 0.314 e. The highest BCUT2D eigenvalue weighted by atomic mass is 32.2. The molecule has 0 radical (unpaired) electrons. The molecular weight excluding hydrogens is 272 g/mol. The fourth-order valence-corrected chi connectivity index (χ4v) is 6.18. The van der Waals surface area contributed by atoms with E-state index < -0.39 is 9.84 Å². The predicted octanol–water partition coefficient (Wildman–Crippen LogP) is 1.32. The first-order valence-corrected chi connectivity index (χ1v) is 10.1. The zero-order valence-corrected chi connectivity index (χ0v) is 13.1. The fraction of sp³-hybridized carbons (Fsp3) is 1.00. The monoisotopic (exact) mass is 300 g/mol. The highest BCUT2D eigenvalue weighted by Gasteiger charge is 2.35. The molecule has 0 aromatic rings. The van der Waals surface area contributed by atoms with E-state index in [4.69, 9.17) is 0 Å². The maximum atomic E-state index is 11.5. The Labute approximate surface area is 123 Å². The van der Waals surface area contributed by atoms with Crippen LogP contribution in [0.1, 0.15) is 44.9 Å². The molecule has 1 saturated carbocycles. The average Bonchev–Trinajstić information content (AvgIpc) is 3.03. The van der Waals surface area contributed by atoms with Crippen molar-refractivity contribution in [2.24, 2.45) is 11.8 Å². The number of rotatable bonds is 4. The van der Waals surface area contributed by atoms with E-state index in [1.165, 1.54) is 45.1 Å². The summed E-state index contributed by atoms with van der Waals surface area (Å²) in [5, 5.41) is 7.40. The molecule has 3 aliphatic rings. The second kappa shape index (κ2) is 6.32. The van der Waals surface area contributed by atoms with E-state index in [-0.39, 0.29) is 0 Å². The highest BCUT2D eigenvalue weighted by Crippen LogP contribution is 2.32. The van der Waals surface area contributed by atoms with Gasteiger partial charge >= 0.3 is 0 Å². The minimum Gasteiger partial charge on any atom is -0.314 e. The summed E-state index contributed by atoms with van der Waals surface area (Å²) in [4.78, 5) is 0. The van der Waals surface area contributed by atoms with Crippen molar-refractivity contribution < 1.29 is 8.42 Å². The Balaban J connectivity index is 1.49. The predicted molar refractivity (Wildman–Crippen MR) is 81.5 cm³/mol. The minimum atomic E-state index is -2.73. The van der Waals surface area contributed by atoms with Gasteiger partial charge in [0, 0.05) is 12.1 Å². The van der Waals surface area contributed by atoms with Crippen molar-refractivity contribution in [1.82, 2.24) is 10.6 Å². The van der Waals surface area contributed by atoms with Crippen LogP contribution in [0, 0.1) is 11.8 Å². The van der Waals surface area contributed by atoms with Crippen molar-refractivity contribution in [3.8, 4) is 0 Å². The molecule has 0 aromatic heterocycles. The minimum absolute atomic E-state index is 0.348. The zero-order valence-electron chi connectivity index (χ0n) is 12.3. The molecule has 116 valence electrons. The van der Waals surface area contributed by atoms with Crippen molar-refractivity contribution in [1.29, 1.82) is 0 Å². The van der Waals surface area contributed by atoms with Crippen LogP contribution < -0.4 is 10.6 Å². The van der Waals surface area contributed by atoms with Crippen molar-refractivity contribution >= 4 is 9.84 Å². The van der Waals surface area contributed by atoms with Crippen molar-refractivity contribution in [3.05, 3.63) is 0 Å². The second-order valence-corrected chi connectivity index (χ2v) is 9.16. The third-order valence-corrected chi connectivity index (χ3v) is 7.27. The van der Waals surface area contributed by atoms with Gasteiger partial charge in [0.05, 0.1) is 11.5 Å². The standard InChI is InChI=1S/C15H28N2O2S/c18-20(19)9-7-12(11-20)10-17-15-6-3-4-13(15)14-5-1-2-8-16-14/h12-17H,1-11H2. The van der Waals surface area contributed by atoms with Crippen LogP contribution in [0.2, 0.25) is 0 Å². The molecule has 3 rings (SSSR count). The summed E-state index contributed by atoms with van der Waals surface area (Å²) < 4.78 is 23.0. The van der Waals surface area contributed by atoms with Crippen LogP contribution in [0.3, 0.4) is 0 Å². The summed E-state index contributed by atoms with van der Waals surface area (Å²) in [6.07, 6.45) is 8.78. The van der Waals surface area contributed by atoms with E-state index in [9.17, 15) is 8.42 Å². The molecular formula is C15H28N2O2S. The van der Waals surface area contributed by atoms with Crippen LogP contribution in [0.4, 0.5) is 0 Å². The lowest BCUT2D eigenvalue weighted by molar-refractivity contribution is 0.253. The summed E-state index contributed by atoms with van der Waals surface area (Å²) in [6.45, 7) is 2.07. The number of hydrogen-bond donors (Lipinski definition) is 2. The second-order valence-electron chi connectivity index (χ2n) is 6.93. The highest BCUT2D eigenvalue weighted by molar-refractivity contribution is 7.91. The van der Waals surface area contributed by atoms with E-state index >= 15 is 0 Å². The summed E-state index contributed by atoms with van der Waals surface area (Å²) in [5.74, 6) is 1.91. The molecule has 5 heteroatoms. The number of hydrogen-bond acceptors (Lipinski definition) is 4. The van der Waals surface area contributed by atoms with Crippen molar-refractivity contribution in [2.45, 2.75) is 57.0 Å². The number of sulfone groups is 1. The molecule has 0 bridgehead atoms. The van der Waals surface area contributed by atoms with Gasteiger partial charge in [-0.3, -0.25) is 0 Å². The molecule has 4 atom stereocenters. The molecule has 0 amide bonds. The number of nitrogens with one attached hydrogen (secondary N) is 2. The summed E-state index contributed by atoms with van der Waals surface area (Å²) >= 11 is 0. The topological polar surface area (TPSA) is 58.2 Å². The lowest BCUT2D eigenvalue weighted by Gasteiger charge is -2.33. The van der Waals surface area contributed by atoms with Gasteiger partial charge in [0.25, 0.3) is 0 Å². The molecule has 20 heavy (non-hydrogen) atoms. The van der Waals surface area contributed by atoms with Gasteiger partial charge in [-0.2, -0.15) is 0 Å². The normalized spacial score (nSPS) is 41.0. The first kappa shape index (κ1) is 14.8. The third-order valence-electron chi connectivity index (χ3n) is 5.43. The Morgan fingerprint density at radius 1 is 1.05 bits per heavy atom. The van der Waals surface area contributed by atoms with Gasteiger partial charge in [0.2, 0.25) is 0 Å². The van der Waals surface area contributed by atoms with Crippen molar-refractivity contribution in [2.75, 3.05) is 24.6 Å². The zero-order chi connectivity index (χ0) is 14.0. The van der Waals surface area contributed by atoms with Gasteiger partial charge in [-0.25, -0.2) is 8.42 Å². The Bertz CT molecular complexity index is 418. The molecule has 2 N–H and O–H groups in total. The van der Waals surface area contributed by atoms with E-state index in [0.29, 0.717) is 29.5 Å². The van der Waals surface area contributed by atoms with Crippen LogP contribution >= 0.6 is 0 Å². The van der Waals surface area contributed by atoms with Crippen molar-refractivity contribution in [3.63, 3.8) is 0 Å². The van der Waals surface area contributed by atoms with E-state index in [1.54, 1.807) is 0 Å². The van der Waals surface area contributed by atoms with Gasteiger partial charge in [0.1, 0.15) is 0 Å². The molecule has 4 nitrogen and oxygen atoms in total. The van der Waals surface area contributed by atoms with Gasteiger partial charge in [-0.15, -0.1) is 0 Å². The third kappa shape index (κ3) is 3.55. The van der Waals surface area contributed by atoms with Gasteiger partial charge in [-0.1, -0.05) is 12.8 Å². The van der Waals surface area contributed by atoms with Crippen LogP contribution in [-0.4, -0.2) is 45.1 Å². The van der Waals surface area contributed by atoms with Crippen LogP contribution in [0.15, 0.2) is 0 Å². The quantitative estimate of drug-likeness (QED) is 0.822. The Morgan fingerprint density at radius 3 is 2.65 bits per heavy atom. The maximum Gasteiger partial charge on any atom is 0.150 e. The first-order chi connectivity index (χ1) is 9.64. The smallest absolute Gasteiger partial charge is 0.150 e. The van der Waals surface area contributed by atoms with Crippen LogP contribution in [-0.2, 0) is 9.84 Å². The van der Waals surface area contributed by atoms with E-state index in [0.717, 1.165) is 18.9 Å². The summed E-state index contributed by atoms with van der Waals surface area (Å²) in [6, 6.07) is 1.30. The van der Waals surface area contributed by atoms with Crippen LogP contribution in [0.5, 0.6) is 0 Å². The Hall–Kier alpha value is -0.130. The number of piperidine rings is 1. The first-order valence-electron chi connectivity index (χ1n) is 8.31. The molecule has 2 saturated heterocycles. The molecule has 0 aromatic carbocycles. The fourth-order valence-electron chi connectivity index (χ4n) is 4.32.